The van der Waals surface area contributed by atoms with Crippen LogP contribution in [0.2, 0.25) is 5.02 Å². The Bertz CT molecular complexity index is 604. The number of benzene rings is 1. The molecule has 7 heteroatoms. The van der Waals surface area contributed by atoms with Crippen LogP contribution in [-0.2, 0) is 9.59 Å². The molecule has 1 aliphatic rings. The Morgan fingerprint density at radius 3 is 2.75 bits per heavy atom. The molecule has 0 saturated heterocycles. The van der Waals surface area contributed by atoms with Crippen LogP contribution < -0.4 is 10.1 Å². The van der Waals surface area contributed by atoms with Crippen LogP contribution in [-0.4, -0.2) is 48.1 Å². The number of aliphatic carboxylic acids is 1. The van der Waals surface area contributed by atoms with E-state index in [9.17, 15) is 9.59 Å². The summed E-state index contributed by atoms with van der Waals surface area (Å²) < 4.78 is 5.25. The van der Waals surface area contributed by atoms with E-state index < -0.39 is 11.9 Å². The zero-order chi connectivity index (χ0) is 17.7. The number of nitrogens with one attached hydrogen (secondary N) is 1. The number of amides is 1. The average molecular weight is 355 g/mol. The first kappa shape index (κ1) is 18.4. The molecule has 0 spiro atoms. The molecule has 1 aromatic rings. The summed E-state index contributed by atoms with van der Waals surface area (Å²) in [5, 5.41) is 12.8. The third-order valence-electron chi connectivity index (χ3n) is 4.02. The lowest BCUT2D eigenvalue weighted by Gasteiger charge is -2.24. The van der Waals surface area contributed by atoms with Crippen molar-refractivity contribution in [3.63, 3.8) is 0 Å². The highest BCUT2D eigenvalue weighted by Crippen LogP contribution is 2.29. The normalized spacial score (nSPS) is 14.8. The lowest BCUT2D eigenvalue weighted by molar-refractivity contribution is -0.143. The molecule has 1 aromatic carbocycles. The van der Waals surface area contributed by atoms with E-state index >= 15 is 0 Å². The van der Waals surface area contributed by atoms with Gasteiger partial charge in [0.15, 0.2) is 0 Å². The van der Waals surface area contributed by atoms with Gasteiger partial charge in [-0.2, -0.15) is 0 Å². The van der Waals surface area contributed by atoms with E-state index in [0.717, 1.165) is 18.5 Å². The summed E-state index contributed by atoms with van der Waals surface area (Å²) in [6.45, 7) is 2.32. The van der Waals surface area contributed by atoms with Gasteiger partial charge in [0.1, 0.15) is 5.75 Å². The molecule has 0 aromatic heterocycles. The fourth-order valence-electron chi connectivity index (χ4n) is 2.48. The first-order valence-corrected chi connectivity index (χ1v) is 8.40. The van der Waals surface area contributed by atoms with Gasteiger partial charge in [-0.15, -0.1) is 0 Å². The van der Waals surface area contributed by atoms with Gasteiger partial charge < -0.3 is 20.1 Å². The Balaban J connectivity index is 1.89. The Hall–Kier alpha value is -1.95. The van der Waals surface area contributed by atoms with Crippen molar-refractivity contribution >= 4 is 29.2 Å². The molecule has 1 aliphatic carbocycles. The molecule has 2 N–H and O–H groups in total. The van der Waals surface area contributed by atoms with Crippen LogP contribution in [0.3, 0.4) is 0 Å². The SMILES string of the molecule is COc1ccc(Cl)cc1NCCC(=O)N(CC(C)C(=O)O)C1CC1. The second kappa shape index (κ2) is 8.24. The van der Waals surface area contributed by atoms with Gasteiger partial charge >= 0.3 is 5.97 Å². The van der Waals surface area contributed by atoms with Gasteiger partial charge in [0, 0.05) is 30.6 Å². The van der Waals surface area contributed by atoms with E-state index in [4.69, 9.17) is 21.4 Å². The number of halogens is 1. The number of carboxylic acid groups (broad SMARTS) is 1. The fourth-order valence-corrected chi connectivity index (χ4v) is 2.65. The molecule has 1 amide bonds. The number of carboxylic acids is 1. The highest BCUT2D eigenvalue weighted by atomic mass is 35.5. The molecule has 1 unspecified atom stereocenters. The lowest BCUT2D eigenvalue weighted by Crippen LogP contribution is -2.39. The third kappa shape index (κ3) is 5.03. The van der Waals surface area contributed by atoms with Gasteiger partial charge in [-0.05, 0) is 31.0 Å². The summed E-state index contributed by atoms with van der Waals surface area (Å²) in [4.78, 5) is 25.2. The molecule has 24 heavy (non-hydrogen) atoms. The van der Waals surface area contributed by atoms with Crippen molar-refractivity contribution in [2.24, 2.45) is 5.92 Å². The summed E-state index contributed by atoms with van der Waals surface area (Å²) in [5.41, 5.74) is 0.731. The Kier molecular flexibility index (Phi) is 6.31. The molecule has 0 radical (unpaired) electrons. The van der Waals surface area contributed by atoms with Gasteiger partial charge in [0.25, 0.3) is 0 Å². The van der Waals surface area contributed by atoms with Crippen molar-refractivity contribution in [1.82, 2.24) is 4.90 Å². The van der Waals surface area contributed by atoms with Gasteiger partial charge in [0.2, 0.25) is 5.91 Å². The smallest absolute Gasteiger partial charge is 0.308 e. The number of carbonyl (C=O) groups excluding carboxylic acids is 1. The molecule has 1 fully saturated rings. The summed E-state index contributed by atoms with van der Waals surface area (Å²) in [6, 6.07) is 5.44. The summed E-state index contributed by atoms with van der Waals surface area (Å²) in [6.07, 6.45) is 2.19. The van der Waals surface area contributed by atoms with Crippen LogP contribution in [0, 0.1) is 5.92 Å². The topological polar surface area (TPSA) is 78.9 Å². The predicted molar refractivity (Wildman–Crippen MR) is 92.6 cm³/mol. The minimum Gasteiger partial charge on any atom is -0.495 e. The van der Waals surface area contributed by atoms with Crippen molar-refractivity contribution < 1.29 is 19.4 Å². The largest absolute Gasteiger partial charge is 0.495 e. The molecule has 6 nitrogen and oxygen atoms in total. The summed E-state index contributed by atoms with van der Waals surface area (Å²) in [5.74, 6) is -0.810. The summed E-state index contributed by atoms with van der Waals surface area (Å²) in [7, 11) is 1.57. The number of nitrogens with zero attached hydrogens (tertiary/aromatic N) is 1. The Morgan fingerprint density at radius 1 is 1.46 bits per heavy atom. The Labute approximate surface area is 146 Å². The Morgan fingerprint density at radius 2 is 2.17 bits per heavy atom. The van der Waals surface area contributed by atoms with Crippen molar-refractivity contribution in [2.75, 3.05) is 25.5 Å². The molecule has 0 aliphatic heterocycles. The maximum absolute atomic E-state index is 12.4. The molecule has 0 heterocycles. The van der Waals surface area contributed by atoms with Crippen molar-refractivity contribution in [2.45, 2.75) is 32.2 Å². The van der Waals surface area contributed by atoms with Crippen molar-refractivity contribution in [3.8, 4) is 5.75 Å². The maximum Gasteiger partial charge on any atom is 0.308 e. The highest BCUT2D eigenvalue weighted by molar-refractivity contribution is 6.30. The molecule has 132 valence electrons. The van der Waals surface area contributed by atoms with Crippen LogP contribution in [0.15, 0.2) is 18.2 Å². The van der Waals surface area contributed by atoms with E-state index in [1.54, 1.807) is 37.1 Å². The van der Waals surface area contributed by atoms with Gasteiger partial charge in [0.05, 0.1) is 18.7 Å². The van der Waals surface area contributed by atoms with Crippen LogP contribution in [0.4, 0.5) is 5.69 Å². The number of hydrogen-bond donors (Lipinski definition) is 2. The number of ether oxygens (including phenoxy) is 1. The highest BCUT2D eigenvalue weighted by Gasteiger charge is 2.34. The molecular formula is C17H23ClN2O4. The maximum atomic E-state index is 12.4. The van der Waals surface area contributed by atoms with Crippen LogP contribution in [0.25, 0.3) is 0 Å². The van der Waals surface area contributed by atoms with E-state index in [-0.39, 0.29) is 18.5 Å². The predicted octanol–water partition coefficient (Wildman–Crippen LogP) is 2.86. The summed E-state index contributed by atoms with van der Waals surface area (Å²) >= 11 is 5.98. The standard InChI is InChI=1S/C17H23ClN2O4/c1-11(17(22)23)10-20(13-4-5-13)16(21)7-8-19-14-9-12(18)3-6-15(14)24-2/h3,6,9,11,13,19H,4-5,7-8,10H2,1-2H3,(H,22,23). The second-order valence-electron chi connectivity index (χ2n) is 6.04. The monoisotopic (exact) mass is 354 g/mol. The first-order valence-electron chi connectivity index (χ1n) is 8.02. The molecule has 0 bridgehead atoms. The number of hydrogen-bond acceptors (Lipinski definition) is 4. The van der Waals surface area contributed by atoms with E-state index in [1.807, 2.05) is 0 Å². The molecule has 2 rings (SSSR count). The number of methoxy groups -OCH3 is 1. The number of carbonyl (C=O) groups is 2. The zero-order valence-corrected chi connectivity index (χ0v) is 14.7. The minimum atomic E-state index is -0.879. The minimum absolute atomic E-state index is 0.0286. The second-order valence-corrected chi connectivity index (χ2v) is 6.47. The van der Waals surface area contributed by atoms with E-state index in [2.05, 4.69) is 5.32 Å². The van der Waals surface area contributed by atoms with Crippen LogP contribution in [0.5, 0.6) is 5.75 Å². The van der Waals surface area contributed by atoms with Gasteiger partial charge in [-0.1, -0.05) is 18.5 Å². The van der Waals surface area contributed by atoms with Gasteiger partial charge in [-0.25, -0.2) is 0 Å². The van der Waals surface area contributed by atoms with Crippen LogP contribution in [0.1, 0.15) is 26.2 Å². The number of rotatable bonds is 9. The average Bonchev–Trinajstić information content (AvgIpc) is 3.37. The van der Waals surface area contributed by atoms with Gasteiger partial charge in [-0.3, -0.25) is 9.59 Å². The van der Waals surface area contributed by atoms with Crippen molar-refractivity contribution in [3.05, 3.63) is 23.2 Å². The number of anilines is 1. The van der Waals surface area contributed by atoms with E-state index in [0.29, 0.717) is 23.7 Å². The van der Waals surface area contributed by atoms with Crippen molar-refractivity contribution in [1.29, 1.82) is 0 Å². The molecule has 1 saturated carbocycles. The molecular weight excluding hydrogens is 332 g/mol. The zero-order valence-electron chi connectivity index (χ0n) is 13.9. The van der Waals surface area contributed by atoms with Crippen LogP contribution >= 0.6 is 11.6 Å². The quantitative estimate of drug-likeness (QED) is 0.713. The van der Waals surface area contributed by atoms with E-state index in [1.165, 1.54) is 0 Å². The molecule has 1 atom stereocenters. The fraction of sp³-hybridized carbons (Fsp3) is 0.529. The third-order valence-corrected chi connectivity index (χ3v) is 4.25. The lowest BCUT2D eigenvalue weighted by atomic mass is 10.1. The first-order chi connectivity index (χ1) is 11.4.